The zero-order valence-electron chi connectivity index (χ0n) is 7.31. The second-order valence-electron chi connectivity index (χ2n) is 2.65. The maximum Gasteiger partial charge on any atom is 0.147 e. The predicted octanol–water partition coefficient (Wildman–Crippen LogP) is 3.56. The van der Waals surface area contributed by atoms with Crippen LogP contribution < -0.4 is 5.73 Å². The molecule has 0 saturated carbocycles. The highest BCUT2D eigenvalue weighted by atomic mass is 35.5. The van der Waals surface area contributed by atoms with E-state index in [2.05, 4.69) is 6.92 Å². The van der Waals surface area contributed by atoms with Crippen molar-refractivity contribution in [1.29, 1.82) is 0 Å². The lowest BCUT2D eigenvalue weighted by Gasteiger charge is -2.04. The molecule has 2 N–H and O–H groups in total. The summed E-state index contributed by atoms with van der Waals surface area (Å²) >= 11 is 7.41. The monoisotopic (exact) mass is 219 g/mol. The van der Waals surface area contributed by atoms with Crippen molar-refractivity contribution >= 4 is 29.1 Å². The Bertz CT molecular complexity index is 304. The maximum absolute atomic E-state index is 12.9. The van der Waals surface area contributed by atoms with Crippen molar-refractivity contribution in [3.63, 3.8) is 0 Å². The van der Waals surface area contributed by atoms with Crippen molar-refractivity contribution in [1.82, 2.24) is 0 Å². The number of halogens is 2. The molecule has 0 aromatic heterocycles. The molecular formula is C9H11ClFNS. The van der Waals surface area contributed by atoms with Crippen molar-refractivity contribution in [3.05, 3.63) is 23.0 Å². The van der Waals surface area contributed by atoms with Gasteiger partial charge in [-0.1, -0.05) is 18.5 Å². The molecule has 1 aromatic rings. The average molecular weight is 220 g/mol. The molecule has 1 nitrogen and oxygen atoms in total. The Morgan fingerprint density at radius 2 is 2.23 bits per heavy atom. The molecular weight excluding hydrogens is 209 g/mol. The molecule has 0 heterocycles. The summed E-state index contributed by atoms with van der Waals surface area (Å²) in [6.07, 6.45) is 1.05. The Morgan fingerprint density at radius 3 is 2.85 bits per heavy atom. The third kappa shape index (κ3) is 2.78. The van der Waals surface area contributed by atoms with Crippen LogP contribution in [-0.4, -0.2) is 5.75 Å². The Balaban J connectivity index is 2.88. The number of rotatable bonds is 3. The molecule has 0 saturated heterocycles. The largest absolute Gasteiger partial charge is 0.396 e. The van der Waals surface area contributed by atoms with Crippen LogP contribution in [0.1, 0.15) is 13.3 Å². The van der Waals surface area contributed by atoms with Gasteiger partial charge in [-0.05, 0) is 24.3 Å². The highest BCUT2D eigenvalue weighted by Gasteiger charge is 2.05. The van der Waals surface area contributed by atoms with Gasteiger partial charge in [-0.3, -0.25) is 0 Å². The summed E-state index contributed by atoms with van der Waals surface area (Å²) in [5, 5.41) is 0.435. The minimum Gasteiger partial charge on any atom is -0.396 e. The van der Waals surface area contributed by atoms with Crippen LogP contribution in [-0.2, 0) is 0 Å². The van der Waals surface area contributed by atoms with Gasteiger partial charge in [0, 0.05) is 4.90 Å². The molecule has 0 spiro atoms. The van der Waals surface area contributed by atoms with E-state index in [9.17, 15) is 4.39 Å². The van der Waals surface area contributed by atoms with E-state index in [0.29, 0.717) is 5.02 Å². The molecule has 13 heavy (non-hydrogen) atoms. The van der Waals surface area contributed by atoms with Crippen molar-refractivity contribution in [2.45, 2.75) is 18.2 Å². The van der Waals surface area contributed by atoms with Gasteiger partial charge < -0.3 is 5.73 Å². The fourth-order valence-electron chi connectivity index (χ4n) is 0.867. The van der Waals surface area contributed by atoms with Gasteiger partial charge in [0.05, 0.1) is 10.7 Å². The molecule has 0 aliphatic heterocycles. The van der Waals surface area contributed by atoms with Crippen molar-refractivity contribution in [2.24, 2.45) is 0 Å². The van der Waals surface area contributed by atoms with Gasteiger partial charge in [0.2, 0.25) is 0 Å². The van der Waals surface area contributed by atoms with Gasteiger partial charge in [0.1, 0.15) is 5.82 Å². The number of hydrogen-bond acceptors (Lipinski definition) is 2. The van der Waals surface area contributed by atoms with Crippen molar-refractivity contribution in [2.75, 3.05) is 11.5 Å². The molecule has 1 aromatic carbocycles. The van der Waals surface area contributed by atoms with E-state index in [1.807, 2.05) is 0 Å². The van der Waals surface area contributed by atoms with Crippen LogP contribution in [0.2, 0.25) is 5.02 Å². The first kappa shape index (κ1) is 10.7. The molecule has 0 bridgehead atoms. The van der Waals surface area contributed by atoms with E-state index < -0.39 is 5.82 Å². The topological polar surface area (TPSA) is 26.0 Å². The molecule has 0 aliphatic carbocycles. The lowest BCUT2D eigenvalue weighted by atomic mass is 10.3. The Morgan fingerprint density at radius 1 is 1.54 bits per heavy atom. The number of anilines is 1. The molecule has 0 aliphatic rings. The van der Waals surface area contributed by atoms with Gasteiger partial charge in [0.15, 0.2) is 0 Å². The summed E-state index contributed by atoms with van der Waals surface area (Å²) < 4.78 is 12.9. The number of hydrogen-bond donors (Lipinski definition) is 1. The van der Waals surface area contributed by atoms with Crippen LogP contribution in [0.15, 0.2) is 17.0 Å². The third-order valence-corrected chi connectivity index (χ3v) is 3.20. The number of nitrogens with two attached hydrogens (primary N) is 1. The molecule has 0 radical (unpaired) electrons. The van der Waals surface area contributed by atoms with Gasteiger partial charge in [-0.15, -0.1) is 11.8 Å². The first-order valence-electron chi connectivity index (χ1n) is 4.02. The van der Waals surface area contributed by atoms with E-state index >= 15 is 0 Å². The maximum atomic E-state index is 12.9. The van der Waals surface area contributed by atoms with Crippen LogP contribution in [0.3, 0.4) is 0 Å². The van der Waals surface area contributed by atoms with E-state index in [-0.39, 0.29) is 5.69 Å². The molecule has 1 rings (SSSR count). The summed E-state index contributed by atoms with van der Waals surface area (Å²) in [5.41, 5.74) is 5.57. The van der Waals surface area contributed by atoms with Crippen LogP contribution in [0.4, 0.5) is 10.1 Å². The van der Waals surface area contributed by atoms with E-state index in [0.717, 1.165) is 17.1 Å². The smallest absolute Gasteiger partial charge is 0.147 e. The van der Waals surface area contributed by atoms with Crippen LogP contribution >= 0.6 is 23.4 Å². The lowest BCUT2D eigenvalue weighted by Crippen LogP contribution is -1.91. The third-order valence-electron chi connectivity index (χ3n) is 1.51. The predicted molar refractivity (Wildman–Crippen MR) is 56.8 cm³/mol. The number of nitrogen functional groups attached to an aromatic ring is 1. The second-order valence-corrected chi connectivity index (χ2v) is 4.20. The molecule has 0 unspecified atom stereocenters. The molecule has 0 amide bonds. The fourth-order valence-corrected chi connectivity index (χ4v) is 2.01. The fraction of sp³-hybridized carbons (Fsp3) is 0.333. The van der Waals surface area contributed by atoms with E-state index in [1.54, 1.807) is 17.8 Å². The molecule has 0 fully saturated rings. The number of thioether (sulfide) groups is 1. The van der Waals surface area contributed by atoms with Crippen LogP contribution in [0.5, 0.6) is 0 Å². The minimum absolute atomic E-state index is 0.156. The van der Waals surface area contributed by atoms with E-state index in [1.165, 1.54) is 6.07 Å². The first-order valence-corrected chi connectivity index (χ1v) is 5.38. The highest BCUT2D eigenvalue weighted by Crippen LogP contribution is 2.30. The minimum atomic E-state index is -0.453. The molecule has 0 atom stereocenters. The van der Waals surface area contributed by atoms with Crippen molar-refractivity contribution in [3.8, 4) is 0 Å². The Hall–Kier alpha value is -0.410. The first-order chi connectivity index (χ1) is 6.15. The SMILES string of the molecule is CCCSc1cc(N)c(F)cc1Cl. The Kier molecular flexibility index (Phi) is 3.88. The second kappa shape index (κ2) is 4.72. The highest BCUT2D eigenvalue weighted by molar-refractivity contribution is 7.99. The molecule has 4 heteroatoms. The van der Waals surface area contributed by atoms with E-state index in [4.69, 9.17) is 17.3 Å². The normalized spacial score (nSPS) is 10.4. The summed E-state index contributed by atoms with van der Waals surface area (Å²) in [6.45, 7) is 2.08. The summed E-state index contributed by atoms with van der Waals surface area (Å²) in [5.74, 6) is 0.510. The molecule has 72 valence electrons. The van der Waals surface area contributed by atoms with Gasteiger partial charge in [-0.25, -0.2) is 4.39 Å². The summed E-state index contributed by atoms with van der Waals surface area (Å²) in [6, 6.07) is 2.84. The Labute approximate surface area is 86.5 Å². The van der Waals surface area contributed by atoms with Gasteiger partial charge >= 0.3 is 0 Å². The standard InChI is InChI=1S/C9H11ClFNS/c1-2-3-13-9-5-8(12)7(11)4-6(9)10/h4-5H,2-3,12H2,1H3. The zero-order valence-corrected chi connectivity index (χ0v) is 8.88. The van der Waals surface area contributed by atoms with Crippen LogP contribution in [0.25, 0.3) is 0 Å². The number of benzene rings is 1. The van der Waals surface area contributed by atoms with Gasteiger partial charge in [0.25, 0.3) is 0 Å². The van der Waals surface area contributed by atoms with Crippen LogP contribution in [0, 0.1) is 5.82 Å². The summed E-state index contributed by atoms with van der Waals surface area (Å²) in [7, 11) is 0. The summed E-state index contributed by atoms with van der Waals surface area (Å²) in [4.78, 5) is 0.849. The average Bonchev–Trinajstić information content (AvgIpc) is 2.09. The lowest BCUT2D eigenvalue weighted by molar-refractivity contribution is 0.631. The van der Waals surface area contributed by atoms with Crippen molar-refractivity contribution < 1.29 is 4.39 Å². The quantitative estimate of drug-likeness (QED) is 0.622. The van der Waals surface area contributed by atoms with Gasteiger partial charge in [-0.2, -0.15) is 0 Å². The zero-order chi connectivity index (χ0) is 9.84.